The van der Waals surface area contributed by atoms with E-state index in [0.717, 1.165) is 30.4 Å². The molecule has 0 spiro atoms. The number of unbranched alkanes of at least 4 members (excludes halogenated alkanes) is 1. The van der Waals surface area contributed by atoms with Crippen LogP contribution in [0.4, 0.5) is 0 Å². The second-order valence-corrected chi connectivity index (χ2v) is 5.80. The Hall–Kier alpha value is -2.62. The standard InChI is InChI=1S/C20H22O4/c1-3-4-8-15-11-12-17(18(21)13-15)20(23)24-19(22)14(2)16-9-6-5-7-10-16/h5-7,9-14,21H,3-4,8H2,1-2H3/t14-/m0/s1. The third-order valence-electron chi connectivity index (χ3n) is 3.95. The number of rotatable bonds is 6. The van der Waals surface area contributed by atoms with Crippen LogP contribution in [-0.4, -0.2) is 17.0 Å². The lowest BCUT2D eigenvalue weighted by atomic mass is 10.0. The van der Waals surface area contributed by atoms with Gasteiger partial charge in [-0.15, -0.1) is 0 Å². The Morgan fingerprint density at radius 2 is 1.83 bits per heavy atom. The summed E-state index contributed by atoms with van der Waals surface area (Å²) in [6.07, 6.45) is 2.90. The Morgan fingerprint density at radius 1 is 1.12 bits per heavy atom. The first-order valence-electron chi connectivity index (χ1n) is 8.15. The molecule has 0 aliphatic carbocycles. The number of carbonyl (C=O) groups excluding carboxylic acids is 2. The molecule has 2 aromatic rings. The van der Waals surface area contributed by atoms with Crippen LogP contribution < -0.4 is 0 Å². The first kappa shape index (κ1) is 17.7. The second kappa shape index (κ2) is 8.29. The van der Waals surface area contributed by atoms with E-state index in [9.17, 15) is 14.7 Å². The number of phenols is 1. The molecule has 24 heavy (non-hydrogen) atoms. The van der Waals surface area contributed by atoms with Crippen LogP contribution >= 0.6 is 0 Å². The van der Waals surface area contributed by atoms with Gasteiger partial charge in [0.15, 0.2) is 0 Å². The van der Waals surface area contributed by atoms with Crippen LogP contribution in [0, 0.1) is 0 Å². The molecule has 0 unspecified atom stereocenters. The molecule has 0 bridgehead atoms. The molecular formula is C20H22O4. The van der Waals surface area contributed by atoms with Crippen molar-refractivity contribution in [3.8, 4) is 5.75 Å². The SMILES string of the molecule is CCCCc1ccc(C(=O)OC(=O)[C@@H](C)c2ccccc2)c(O)c1. The summed E-state index contributed by atoms with van der Waals surface area (Å²) in [6, 6.07) is 13.9. The minimum absolute atomic E-state index is 0.00357. The first-order chi connectivity index (χ1) is 11.5. The number of carbonyl (C=O) groups is 2. The van der Waals surface area contributed by atoms with Crippen molar-refractivity contribution in [2.24, 2.45) is 0 Å². The maximum Gasteiger partial charge on any atom is 0.349 e. The second-order valence-electron chi connectivity index (χ2n) is 5.80. The highest BCUT2D eigenvalue weighted by Gasteiger charge is 2.22. The molecule has 0 saturated carbocycles. The summed E-state index contributed by atoms with van der Waals surface area (Å²) in [6.45, 7) is 3.77. The lowest BCUT2D eigenvalue weighted by molar-refractivity contribution is -0.139. The van der Waals surface area contributed by atoms with E-state index in [1.54, 1.807) is 31.2 Å². The van der Waals surface area contributed by atoms with Crippen molar-refractivity contribution >= 4 is 11.9 Å². The maximum atomic E-state index is 12.1. The summed E-state index contributed by atoms with van der Waals surface area (Å²) in [7, 11) is 0. The lowest BCUT2D eigenvalue weighted by Gasteiger charge is -2.11. The summed E-state index contributed by atoms with van der Waals surface area (Å²) in [5.74, 6) is -2.18. The van der Waals surface area contributed by atoms with E-state index in [4.69, 9.17) is 4.74 Å². The highest BCUT2D eigenvalue weighted by Crippen LogP contribution is 2.23. The quantitative estimate of drug-likeness (QED) is 0.637. The average Bonchev–Trinajstić information content (AvgIpc) is 2.59. The fraction of sp³-hybridized carbons (Fsp3) is 0.300. The van der Waals surface area contributed by atoms with Crippen LogP contribution in [0.1, 0.15) is 54.1 Å². The van der Waals surface area contributed by atoms with Gasteiger partial charge < -0.3 is 9.84 Å². The Balaban J connectivity index is 2.05. The Kier molecular flexibility index (Phi) is 6.13. The first-order valence-corrected chi connectivity index (χ1v) is 8.15. The Morgan fingerprint density at radius 3 is 2.46 bits per heavy atom. The maximum absolute atomic E-state index is 12.1. The molecule has 1 N–H and O–H groups in total. The van der Waals surface area contributed by atoms with Crippen molar-refractivity contribution < 1.29 is 19.4 Å². The van der Waals surface area contributed by atoms with Gasteiger partial charge in [0.25, 0.3) is 0 Å². The number of phenolic OH excluding ortho intramolecular Hbond substituents is 1. The summed E-state index contributed by atoms with van der Waals surface area (Å²) in [5, 5.41) is 10.0. The fourth-order valence-corrected chi connectivity index (χ4v) is 2.40. The van der Waals surface area contributed by atoms with Crippen LogP contribution in [0.15, 0.2) is 48.5 Å². The minimum Gasteiger partial charge on any atom is -0.507 e. The van der Waals surface area contributed by atoms with E-state index in [0.29, 0.717) is 0 Å². The number of aryl methyl sites for hydroxylation is 1. The number of hydrogen-bond donors (Lipinski definition) is 1. The van der Waals surface area contributed by atoms with Crippen LogP contribution in [0.3, 0.4) is 0 Å². The predicted molar refractivity (Wildman–Crippen MR) is 92.0 cm³/mol. The zero-order valence-corrected chi connectivity index (χ0v) is 14.0. The van der Waals surface area contributed by atoms with Crippen LogP contribution in [0.5, 0.6) is 5.75 Å². The molecule has 0 aromatic heterocycles. The molecule has 2 rings (SSSR count). The third-order valence-corrected chi connectivity index (χ3v) is 3.95. The summed E-state index contributed by atoms with van der Waals surface area (Å²) in [5.41, 5.74) is 1.73. The van der Waals surface area contributed by atoms with E-state index in [1.807, 2.05) is 18.2 Å². The van der Waals surface area contributed by atoms with Crippen LogP contribution in [0.25, 0.3) is 0 Å². The summed E-state index contributed by atoms with van der Waals surface area (Å²) < 4.78 is 4.92. The van der Waals surface area contributed by atoms with E-state index in [2.05, 4.69) is 6.92 Å². The van der Waals surface area contributed by atoms with Gasteiger partial charge in [0, 0.05) is 0 Å². The monoisotopic (exact) mass is 326 g/mol. The van der Waals surface area contributed by atoms with Crippen molar-refractivity contribution in [2.75, 3.05) is 0 Å². The van der Waals surface area contributed by atoms with Crippen molar-refractivity contribution in [3.63, 3.8) is 0 Å². The van der Waals surface area contributed by atoms with E-state index in [-0.39, 0.29) is 11.3 Å². The number of benzene rings is 2. The van der Waals surface area contributed by atoms with Crippen LogP contribution in [0.2, 0.25) is 0 Å². The van der Waals surface area contributed by atoms with Crippen molar-refractivity contribution in [3.05, 3.63) is 65.2 Å². The van der Waals surface area contributed by atoms with Gasteiger partial charge >= 0.3 is 11.9 Å². The molecule has 0 fully saturated rings. The van der Waals surface area contributed by atoms with Gasteiger partial charge in [-0.2, -0.15) is 0 Å². The minimum atomic E-state index is -0.831. The Bertz CT molecular complexity index is 707. The lowest BCUT2D eigenvalue weighted by Crippen LogP contribution is -2.18. The highest BCUT2D eigenvalue weighted by molar-refractivity contribution is 6.00. The number of hydrogen-bond acceptors (Lipinski definition) is 4. The third kappa shape index (κ3) is 4.44. The highest BCUT2D eigenvalue weighted by atomic mass is 16.6. The van der Waals surface area contributed by atoms with E-state index < -0.39 is 17.9 Å². The van der Waals surface area contributed by atoms with Crippen molar-refractivity contribution in [1.82, 2.24) is 0 Å². The van der Waals surface area contributed by atoms with Gasteiger partial charge in [-0.25, -0.2) is 4.79 Å². The molecule has 4 nitrogen and oxygen atoms in total. The van der Waals surface area contributed by atoms with Gasteiger partial charge in [0.1, 0.15) is 11.3 Å². The molecule has 0 aliphatic heterocycles. The van der Waals surface area contributed by atoms with Gasteiger partial charge in [-0.1, -0.05) is 49.7 Å². The molecule has 0 saturated heterocycles. The molecule has 1 atom stereocenters. The summed E-state index contributed by atoms with van der Waals surface area (Å²) in [4.78, 5) is 24.3. The number of esters is 2. The summed E-state index contributed by atoms with van der Waals surface area (Å²) >= 11 is 0. The molecule has 0 aliphatic rings. The average molecular weight is 326 g/mol. The van der Waals surface area contributed by atoms with Gasteiger partial charge in [-0.3, -0.25) is 4.79 Å². The molecule has 0 amide bonds. The molecule has 0 heterocycles. The molecular weight excluding hydrogens is 304 g/mol. The predicted octanol–water partition coefficient (Wildman–Crippen LogP) is 4.22. The van der Waals surface area contributed by atoms with E-state index >= 15 is 0 Å². The number of aromatic hydroxyl groups is 1. The van der Waals surface area contributed by atoms with Gasteiger partial charge in [0.2, 0.25) is 0 Å². The zero-order valence-electron chi connectivity index (χ0n) is 14.0. The smallest absolute Gasteiger partial charge is 0.349 e. The topological polar surface area (TPSA) is 63.6 Å². The van der Waals surface area contributed by atoms with Gasteiger partial charge in [0.05, 0.1) is 5.92 Å². The number of ether oxygens (including phenoxy) is 1. The van der Waals surface area contributed by atoms with Crippen LogP contribution in [-0.2, 0) is 16.0 Å². The van der Waals surface area contributed by atoms with Crippen molar-refractivity contribution in [1.29, 1.82) is 0 Å². The molecule has 4 heteroatoms. The van der Waals surface area contributed by atoms with Crippen molar-refractivity contribution in [2.45, 2.75) is 39.0 Å². The zero-order chi connectivity index (χ0) is 17.5. The molecule has 126 valence electrons. The van der Waals surface area contributed by atoms with E-state index in [1.165, 1.54) is 6.07 Å². The van der Waals surface area contributed by atoms with Gasteiger partial charge in [-0.05, 0) is 43.0 Å². The molecule has 0 radical (unpaired) electrons. The fourth-order valence-electron chi connectivity index (χ4n) is 2.40. The normalized spacial score (nSPS) is 11.8. The molecule has 2 aromatic carbocycles. The largest absolute Gasteiger partial charge is 0.507 e. The Labute approximate surface area is 142 Å².